The summed E-state index contributed by atoms with van der Waals surface area (Å²) in [6.07, 6.45) is -4.49. The monoisotopic (exact) mass is 246 g/mol. The second-order valence-electron chi connectivity index (χ2n) is 2.40. The fourth-order valence-corrected chi connectivity index (χ4v) is 0.935. The Labute approximate surface area is 89.7 Å². The van der Waals surface area contributed by atoms with Crippen molar-refractivity contribution in [3.63, 3.8) is 0 Å². The van der Waals surface area contributed by atoms with Crippen molar-refractivity contribution in [2.75, 3.05) is 0 Å². The highest BCUT2D eigenvalue weighted by molar-refractivity contribution is 6.29. The Balaban J connectivity index is 0.00000169. The maximum atomic E-state index is 12.1. The zero-order valence-electron chi connectivity index (χ0n) is 6.75. The van der Waals surface area contributed by atoms with Gasteiger partial charge in [-0.25, -0.2) is 4.98 Å². The fraction of sp³-hybridized carbons (Fsp3) is 0.286. The maximum Gasteiger partial charge on any atom is 0.409 e. The number of hydrogen-bond donors (Lipinski definition) is 1. The second-order valence-corrected chi connectivity index (χ2v) is 2.79. The average molecular weight is 247 g/mol. The summed E-state index contributed by atoms with van der Waals surface area (Å²) in [5.41, 5.74) is 4.62. The van der Waals surface area contributed by atoms with Crippen LogP contribution in [-0.4, -0.2) is 11.2 Å². The summed E-state index contributed by atoms with van der Waals surface area (Å²) >= 11 is 5.40. The standard InChI is InChI=1S/C7H6ClF3N2.ClH/c8-5-3-1-2-4(13-5)6(12)7(9,10)11;/h1-3,6H,12H2;1H/t6-;/m0./s1. The lowest BCUT2D eigenvalue weighted by molar-refractivity contribution is -0.149. The Morgan fingerprint density at radius 2 is 1.93 bits per heavy atom. The molecule has 0 radical (unpaired) electrons. The molecule has 2 nitrogen and oxygen atoms in total. The Kier molecular flexibility index (Phi) is 4.64. The molecule has 0 fully saturated rings. The van der Waals surface area contributed by atoms with Gasteiger partial charge in [-0.15, -0.1) is 12.4 Å². The molecule has 2 N–H and O–H groups in total. The first kappa shape index (κ1) is 13.5. The van der Waals surface area contributed by atoms with E-state index in [0.717, 1.165) is 0 Å². The predicted octanol–water partition coefficient (Wildman–Crippen LogP) is 2.72. The minimum absolute atomic E-state index is 0. The molecule has 7 heteroatoms. The second kappa shape index (κ2) is 4.82. The van der Waals surface area contributed by atoms with E-state index in [1.807, 2.05) is 0 Å². The lowest BCUT2D eigenvalue weighted by atomic mass is 10.2. The van der Waals surface area contributed by atoms with Gasteiger partial charge in [0.25, 0.3) is 0 Å². The zero-order chi connectivity index (χ0) is 10.1. The fourth-order valence-electron chi connectivity index (χ4n) is 0.765. The van der Waals surface area contributed by atoms with Gasteiger partial charge in [0, 0.05) is 0 Å². The van der Waals surface area contributed by atoms with Crippen LogP contribution >= 0.6 is 24.0 Å². The Hall–Kier alpha value is -0.520. The van der Waals surface area contributed by atoms with Crippen LogP contribution in [0.5, 0.6) is 0 Å². The molecule has 0 aliphatic carbocycles. The predicted molar refractivity (Wildman–Crippen MR) is 49.5 cm³/mol. The van der Waals surface area contributed by atoms with E-state index >= 15 is 0 Å². The molecule has 1 heterocycles. The molecule has 0 amide bonds. The maximum absolute atomic E-state index is 12.1. The highest BCUT2D eigenvalue weighted by Crippen LogP contribution is 2.29. The smallest absolute Gasteiger partial charge is 0.315 e. The van der Waals surface area contributed by atoms with Crippen molar-refractivity contribution in [1.29, 1.82) is 0 Å². The van der Waals surface area contributed by atoms with Crippen LogP contribution in [0.15, 0.2) is 18.2 Å². The third-order valence-corrected chi connectivity index (χ3v) is 1.62. The number of nitrogens with two attached hydrogens (primary N) is 1. The van der Waals surface area contributed by atoms with Crippen LogP contribution in [0.25, 0.3) is 0 Å². The van der Waals surface area contributed by atoms with Crippen molar-refractivity contribution in [2.45, 2.75) is 12.2 Å². The van der Waals surface area contributed by atoms with Crippen molar-refractivity contribution in [1.82, 2.24) is 4.98 Å². The molecular weight excluding hydrogens is 240 g/mol. The van der Waals surface area contributed by atoms with Gasteiger partial charge in [0.1, 0.15) is 11.2 Å². The van der Waals surface area contributed by atoms with Crippen LogP contribution in [0.2, 0.25) is 5.15 Å². The van der Waals surface area contributed by atoms with Crippen molar-refractivity contribution in [3.05, 3.63) is 29.0 Å². The number of hydrogen-bond acceptors (Lipinski definition) is 2. The molecule has 0 saturated heterocycles. The number of pyridine rings is 1. The first-order valence-corrected chi connectivity index (χ1v) is 3.74. The number of alkyl halides is 3. The quantitative estimate of drug-likeness (QED) is 0.775. The lowest BCUT2D eigenvalue weighted by Crippen LogP contribution is -2.29. The van der Waals surface area contributed by atoms with Gasteiger partial charge in [-0.1, -0.05) is 17.7 Å². The molecular formula is C7H7Cl2F3N2. The van der Waals surface area contributed by atoms with E-state index in [4.69, 9.17) is 17.3 Å². The number of nitrogens with zero attached hydrogens (tertiary/aromatic N) is 1. The van der Waals surface area contributed by atoms with Crippen LogP contribution in [0, 0.1) is 0 Å². The van der Waals surface area contributed by atoms with Gasteiger partial charge in [-0.2, -0.15) is 13.2 Å². The van der Waals surface area contributed by atoms with E-state index in [1.165, 1.54) is 18.2 Å². The van der Waals surface area contributed by atoms with Crippen LogP contribution in [0.3, 0.4) is 0 Å². The van der Waals surface area contributed by atoms with Crippen molar-refractivity contribution >= 4 is 24.0 Å². The van der Waals surface area contributed by atoms with Gasteiger partial charge in [-0.05, 0) is 12.1 Å². The van der Waals surface area contributed by atoms with E-state index in [9.17, 15) is 13.2 Å². The summed E-state index contributed by atoms with van der Waals surface area (Å²) in [4.78, 5) is 3.46. The molecule has 0 aliphatic rings. The number of aromatic nitrogens is 1. The van der Waals surface area contributed by atoms with E-state index in [0.29, 0.717) is 0 Å². The minimum atomic E-state index is -4.49. The summed E-state index contributed by atoms with van der Waals surface area (Å²) < 4.78 is 36.2. The number of halogens is 5. The molecule has 0 aliphatic heterocycles. The normalized spacial score (nSPS) is 13.2. The molecule has 1 aromatic rings. The van der Waals surface area contributed by atoms with E-state index < -0.39 is 12.2 Å². The molecule has 1 atom stereocenters. The topological polar surface area (TPSA) is 38.9 Å². The van der Waals surface area contributed by atoms with Gasteiger partial charge in [0.05, 0.1) is 5.69 Å². The summed E-state index contributed by atoms with van der Waals surface area (Å²) in [5, 5.41) is -0.00259. The van der Waals surface area contributed by atoms with Crippen LogP contribution in [0.1, 0.15) is 11.7 Å². The Morgan fingerprint density at radius 1 is 1.36 bits per heavy atom. The number of rotatable bonds is 1. The molecule has 14 heavy (non-hydrogen) atoms. The van der Waals surface area contributed by atoms with Crippen LogP contribution in [0.4, 0.5) is 13.2 Å². The summed E-state index contributed by atoms with van der Waals surface area (Å²) in [7, 11) is 0. The highest BCUT2D eigenvalue weighted by Gasteiger charge is 2.38. The SMILES string of the molecule is Cl.N[C@@H](c1cccc(Cl)n1)C(F)(F)F. The van der Waals surface area contributed by atoms with Crippen molar-refractivity contribution < 1.29 is 13.2 Å². The molecule has 0 saturated carbocycles. The molecule has 0 unspecified atom stereocenters. The van der Waals surface area contributed by atoms with Gasteiger partial charge >= 0.3 is 6.18 Å². The van der Waals surface area contributed by atoms with Crippen molar-refractivity contribution in [2.24, 2.45) is 5.73 Å². The van der Waals surface area contributed by atoms with Crippen LogP contribution in [-0.2, 0) is 0 Å². The van der Waals surface area contributed by atoms with Crippen LogP contribution < -0.4 is 5.73 Å². The first-order chi connectivity index (χ1) is 5.91. The first-order valence-electron chi connectivity index (χ1n) is 3.36. The third-order valence-electron chi connectivity index (χ3n) is 1.41. The summed E-state index contributed by atoms with van der Waals surface area (Å²) in [6.45, 7) is 0. The van der Waals surface area contributed by atoms with Gasteiger partial charge in [0.15, 0.2) is 0 Å². The zero-order valence-corrected chi connectivity index (χ0v) is 8.33. The Morgan fingerprint density at radius 3 is 2.36 bits per heavy atom. The van der Waals surface area contributed by atoms with E-state index in [-0.39, 0.29) is 23.3 Å². The molecule has 0 bridgehead atoms. The summed E-state index contributed by atoms with van der Waals surface area (Å²) in [5.74, 6) is 0. The molecule has 1 rings (SSSR count). The summed E-state index contributed by atoms with van der Waals surface area (Å²) in [6, 6.07) is 1.86. The molecule has 0 aromatic carbocycles. The van der Waals surface area contributed by atoms with E-state index in [2.05, 4.69) is 4.98 Å². The minimum Gasteiger partial charge on any atom is -0.315 e. The van der Waals surface area contributed by atoms with Crippen molar-refractivity contribution in [3.8, 4) is 0 Å². The van der Waals surface area contributed by atoms with Gasteiger partial charge < -0.3 is 5.73 Å². The van der Waals surface area contributed by atoms with E-state index in [1.54, 1.807) is 0 Å². The lowest BCUT2D eigenvalue weighted by Gasteiger charge is -2.14. The highest BCUT2D eigenvalue weighted by atomic mass is 35.5. The third kappa shape index (κ3) is 3.32. The molecule has 80 valence electrons. The van der Waals surface area contributed by atoms with Gasteiger partial charge in [-0.3, -0.25) is 0 Å². The molecule has 0 spiro atoms. The largest absolute Gasteiger partial charge is 0.409 e. The average Bonchev–Trinajstić information content (AvgIpc) is 2.01. The molecule has 1 aromatic heterocycles. The van der Waals surface area contributed by atoms with Gasteiger partial charge in [0.2, 0.25) is 0 Å². The Bertz CT molecular complexity index is 303.